The van der Waals surface area contributed by atoms with Crippen LogP contribution in [0.5, 0.6) is 0 Å². The van der Waals surface area contributed by atoms with E-state index in [9.17, 15) is 8.42 Å². The van der Waals surface area contributed by atoms with Crippen LogP contribution in [0.3, 0.4) is 0 Å². The van der Waals surface area contributed by atoms with Gasteiger partial charge in [-0.05, 0) is 30.9 Å². The average molecular weight is 302 g/mol. The van der Waals surface area contributed by atoms with E-state index in [1.807, 2.05) is 0 Å². The minimum atomic E-state index is -3.24. The Morgan fingerprint density at radius 1 is 1.37 bits per heavy atom. The first-order valence-electron chi connectivity index (χ1n) is 6.60. The van der Waals surface area contributed by atoms with Gasteiger partial charge in [0.15, 0.2) is 9.84 Å². The van der Waals surface area contributed by atoms with Crippen LogP contribution >= 0.6 is 11.6 Å². The van der Waals surface area contributed by atoms with Crippen molar-refractivity contribution < 1.29 is 8.42 Å². The number of benzene rings is 1. The van der Waals surface area contributed by atoms with Crippen LogP contribution in [0.25, 0.3) is 0 Å². The zero-order valence-electron chi connectivity index (χ0n) is 11.3. The van der Waals surface area contributed by atoms with Gasteiger partial charge in [-0.1, -0.05) is 31.0 Å². The summed E-state index contributed by atoms with van der Waals surface area (Å²) in [7, 11) is -3.24. The molecule has 0 aliphatic heterocycles. The van der Waals surface area contributed by atoms with Crippen LogP contribution in [0.2, 0.25) is 5.02 Å². The highest BCUT2D eigenvalue weighted by atomic mass is 35.5. The molecule has 1 aromatic carbocycles. The Balaban J connectivity index is 2.20. The van der Waals surface area contributed by atoms with Gasteiger partial charge in [-0.15, -0.1) is 0 Å². The molecular formula is C14H20ClNO2S. The largest absolute Gasteiger partial charge is 0.310 e. The molecule has 0 heterocycles. The first kappa shape index (κ1) is 14.8. The molecule has 1 aromatic rings. The third-order valence-electron chi connectivity index (χ3n) is 3.88. The predicted octanol–water partition coefficient (Wildman–Crippen LogP) is 3.02. The summed E-state index contributed by atoms with van der Waals surface area (Å²) in [5, 5.41) is 3.97. The van der Waals surface area contributed by atoms with Crippen LogP contribution in [-0.4, -0.2) is 20.7 Å². The third kappa shape index (κ3) is 3.50. The molecule has 1 aliphatic rings. The Kier molecular flexibility index (Phi) is 4.54. The minimum absolute atomic E-state index is 0.332. The maximum atomic E-state index is 11.8. The highest BCUT2D eigenvalue weighted by molar-refractivity contribution is 7.90. The molecule has 1 N–H and O–H groups in total. The van der Waals surface area contributed by atoms with Crippen molar-refractivity contribution in [2.75, 3.05) is 6.26 Å². The number of hydrogen-bond donors (Lipinski definition) is 1. The molecule has 3 nitrogen and oxygen atoms in total. The van der Waals surface area contributed by atoms with Gasteiger partial charge in [-0.25, -0.2) is 8.42 Å². The van der Waals surface area contributed by atoms with Crippen LogP contribution in [0, 0.1) is 5.92 Å². The van der Waals surface area contributed by atoms with E-state index in [2.05, 4.69) is 12.2 Å². The van der Waals surface area contributed by atoms with Crippen LogP contribution in [0.4, 0.5) is 0 Å². The maximum absolute atomic E-state index is 11.8. The monoisotopic (exact) mass is 301 g/mol. The van der Waals surface area contributed by atoms with Gasteiger partial charge in [-0.2, -0.15) is 0 Å². The van der Waals surface area contributed by atoms with E-state index in [1.165, 1.54) is 19.1 Å². The molecule has 0 aromatic heterocycles. The van der Waals surface area contributed by atoms with E-state index in [-0.39, 0.29) is 0 Å². The van der Waals surface area contributed by atoms with Gasteiger partial charge in [-0.3, -0.25) is 0 Å². The Bertz CT molecular complexity index is 557. The van der Waals surface area contributed by atoms with Crippen molar-refractivity contribution in [3.63, 3.8) is 0 Å². The average Bonchev–Trinajstić information content (AvgIpc) is 2.72. The summed E-state index contributed by atoms with van der Waals surface area (Å²) in [6.07, 6.45) is 4.85. The second-order valence-corrected chi connectivity index (χ2v) is 7.78. The first-order valence-corrected chi connectivity index (χ1v) is 8.87. The summed E-state index contributed by atoms with van der Waals surface area (Å²) in [6, 6.07) is 5.51. The van der Waals surface area contributed by atoms with Gasteiger partial charge in [0.25, 0.3) is 0 Å². The van der Waals surface area contributed by atoms with E-state index < -0.39 is 9.84 Å². The quantitative estimate of drug-likeness (QED) is 0.930. The van der Waals surface area contributed by atoms with Gasteiger partial charge in [0, 0.05) is 29.4 Å². The van der Waals surface area contributed by atoms with Crippen molar-refractivity contribution in [2.24, 2.45) is 5.92 Å². The van der Waals surface area contributed by atoms with E-state index in [1.54, 1.807) is 18.2 Å². The van der Waals surface area contributed by atoms with E-state index in [0.29, 0.717) is 34.0 Å². The highest BCUT2D eigenvalue weighted by Crippen LogP contribution is 2.27. The summed E-state index contributed by atoms with van der Waals surface area (Å²) in [5.41, 5.74) is 0.686. The van der Waals surface area contributed by atoms with E-state index in [0.717, 1.165) is 6.42 Å². The lowest BCUT2D eigenvalue weighted by molar-refractivity contribution is 0.424. The lowest BCUT2D eigenvalue weighted by Crippen LogP contribution is -2.31. The molecule has 5 heteroatoms. The number of halogens is 1. The Hall–Kier alpha value is -0.580. The van der Waals surface area contributed by atoms with Crippen molar-refractivity contribution in [1.29, 1.82) is 0 Å². The SMILES string of the molecule is CC1CCCC1NCc1c(Cl)cccc1S(C)(=O)=O. The summed E-state index contributed by atoms with van der Waals surface area (Å²) >= 11 is 6.15. The molecule has 0 saturated heterocycles. The third-order valence-corrected chi connectivity index (χ3v) is 5.41. The fourth-order valence-corrected chi connectivity index (χ4v) is 3.99. The molecule has 2 unspecified atom stereocenters. The molecule has 0 amide bonds. The lowest BCUT2D eigenvalue weighted by atomic mass is 10.1. The van der Waals surface area contributed by atoms with Gasteiger partial charge in [0.2, 0.25) is 0 Å². The molecule has 1 saturated carbocycles. The topological polar surface area (TPSA) is 46.2 Å². The van der Waals surface area contributed by atoms with Crippen molar-refractivity contribution >= 4 is 21.4 Å². The van der Waals surface area contributed by atoms with Gasteiger partial charge < -0.3 is 5.32 Å². The van der Waals surface area contributed by atoms with Crippen molar-refractivity contribution in [2.45, 2.75) is 43.7 Å². The Labute approximate surface area is 120 Å². The molecular weight excluding hydrogens is 282 g/mol. The van der Waals surface area contributed by atoms with Crippen LogP contribution in [0.1, 0.15) is 31.7 Å². The molecule has 0 radical (unpaired) electrons. The zero-order valence-corrected chi connectivity index (χ0v) is 12.9. The van der Waals surface area contributed by atoms with Crippen LogP contribution in [0.15, 0.2) is 23.1 Å². The second kappa shape index (κ2) is 5.81. The summed E-state index contributed by atoms with van der Waals surface area (Å²) < 4.78 is 23.6. The molecule has 0 bridgehead atoms. The summed E-state index contributed by atoms with van der Waals surface area (Å²) in [4.78, 5) is 0.332. The predicted molar refractivity (Wildman–Crippen MR) is 78.2 cm³/mol. The van der Waals surface area contributed by atoms with Crippen molar-refractivity contribution in [1.82, 2.24) is 5.32 Å². The van der Waals surface area contributed by atoms with Gasteiger partial charge in [0.05, 0.1) is 4.90 Å². The Morgan fingerprint density at radius 3 is 2.68 bits per heavy atom. The molecule has 2 rings (SSSR count). The van der Waals surface area contributed by atoms with Gasteiger partial charge >= 0.3 is 0 Å². The normalized spacial score (nSPS) is 23.7. The fourth-order valence-electron chi connectivity index (χ4n) is 2.74. The lowest BCUT2D eigenvalue weighted by Gasteiger charge is -2.19. The smallest absolute Gasteiger partial charge is 0.175 e. The van der Waals surface area contributed by atoms with Crippen molar-refractivity contribution in [3.8, 4) is 0 Å². The molecule has 1 fully saturated rings. The number of nitrogens with one attached hydrogen (secondary N) is 1. The van der Waals surface area contributed by atoms with Crippen molar-refractivity contribution in [3.05, 3.63) is 28.8 Å². The Morgan fingerprint density at radius 2 is 2.11 bits per heavy atom. The number of sulfone groups is 1. The number of rotatable bonds is 4. The fraction of sp³-hybridized carbons (Fsp3) is 0.571. The zero-order chi connectivity index (χ0) is 14.0. The first-order chi connectivity index (χ1) is 8.89. The van der Waals surface area contributed by atoms with Crippen LogP contribution < -0.4 is 5.32 Å². The minimum Gasteiger partial charge on any atom is -0.310 e. The second-order valence-electron chi connectivity index (χ2n) is 5.38. The maximum Gasteiger partial charge on any atom is 0.175 e. The number of hydrogen-bond acceptors (Lipinski definition) is 3. The van der Waals surface area contributed by atoms with E-state index >= 15 is 0 Å². The summed E-state index contributed by atoms with van der Waals surface area (Å²) in [6.45, 7) is 2.74. The van der Waals surface area contributed by atoms with Gasteiger partial charge in [0.1, 0.15) is 0 Å². The van der Waals surface area contributed by atoms with Crippen LogP contribution in [-0.2, 0) is 16.4 Å². The summed E-state index contributed by atoms with van der Waals surface area (Å²) in [5.74, 6) is 0.643. The van der Waals surface area contributed by atoms with E-state index in [4.69, 9.17) is 11.6 Å². The standard InChI is InChI=1S/C14H20ClNO2S/c1-10-5-3-7-13(10)16-9-11-12(15)6-4-8-14(11)19(2,17)18/h4,6,8,10,13,16H,3,5,7,9H2,1-2H3. The molecule has 2 atom stereocenters. The highest BCUT2D eigenvalue weighted by Gasteiger charge is 2.24. The molecule has 0 spiro atoms. The molecule has 1 aliphatic carbocycles. The molecule has 19 heavy (non-hydrogen) atoms. The molecule has 106 valence electrons.